The van der Waals surface area contributed by atoms with E-state index >= 15 is 0 Å². The molecule has 4 N–H and O–H groups in total. The summed E-state index contributed by atoms with van der Waals surface area (Å²) >= 11 is 0. The van der Waals surface area contributed by atoms with Gasteiger partial charge in [0.25, 0.3) is 11.6 Å². The van der Waals surface area contributed by atoms with Crippen LogP contribution < -0.4 is 11.1 Å². The maximum Gasteiger partial charge on any atom is 0.326 e. The molecule has 22 heavy (non-hydrogen) atoms. The molecule has 1 aromatic heterocycles. The molecule has 0 saturated heterocycles. The van der Waals surface area contributed by atoms with E-state index in [1.165, 1.54) is 18.2 Å². The van der Waals surface area contributed by atoms with Crippen molar-refractivity contribution in [3.8, 4) is 5.88 Å². The van der Waals surface area contributed by atoms with Gasteiger partial charge in [-0.2, -0.15) is 0 Å². The summed E-state index contributed by atoms with van der Waals surface area (Å²) in [4.78, 5) is 34.2. The Morgan fingerprint density at radius 1 is 1.41 bits per heavy atom. The van der Waals surface area contributed by atoms with Gasteiger partial charge in [-0.25, -0.2) is 9.36 Å². The Kier molecular flexibility index (Phi) is 3.72. The number of nitrogens with one attached hydrogen (secondary N) is 1. The molecule has 2 aromatic rings. The molecule has 9 heteroatoms. The lowest BCUT2D eigenvalue weighted by Gasteiger charge is -2.07. The molecular formula is C13H14N4O5. The minimum Gasteiger partial charge on any atom is -0.494 e. The fourth-order valence-corrected chi connectivity index (χ4v) is 2.23. The second kappa shape index (κ2) is 5.35. The molecule has 0 aliphatic rings. The fraction of sp³-hybridized carbons (Fsp3) is 0.231. The van der Waals surface area contributed by atoms with Gasteiger partial charge in [-0.15, -0.1) is 0 Å². The van der Waals surface area contributed by atoms with Crippen molar-refractivity contribution in [1.29, 1.82) is 0 Å². The summed E-state index contributed by atoms with van der Waals surface area (Å²) in [6, 6.07) is 2.56. The fourth-order valence-electron chi connectivity index (χ4n) is 2.23. The van der Waals surface area contributed by atoms with Gasteiger partial charge in [0.2, 0.25) is 5.88 Å². The van der Waals surface area contributed by atoms with Gasteiger partial charge in [0.15, 0.2) is 0 Å². The zero-order valence-corrected chi connectivity index (χ0v) is 11.9. The molecule has 2 rings (SSSR count). The van der Waals surface area contributed by atoms with Gasteiger partial charge in [0.1, 0.15) is 5.56 Å². The Morgan fingerprint density at radius 2 is 2.05 bits per heavy atom. The Bertz CT molecular complexity index is 793. The van der Waals surface area contributed by atoms with E-state index in [0.29, 0.717) is 4.57 Å². The number of hydrogen-bond donors (Lipinski definition) is 3. The molecule has 0 bridgehead atoms. The van der Waals surface area contributed by atoms with Crippen LogP contribution >= 0.6 is 0 Å². The third kappa shape index (κ3) is 2.32. The molecule has 0 fully saturated rings. The van der Waals surface area contributed by atoms with Crippen molar-refractivity contribution in [2.45, 2.75) is 19.9 Å². The van der Waals surface area contributed by atoms with Crippen LogP contribution in [-0.2, 0) is 0 Å². The highest BCUT2D eigenvalue weighted by Gasteiger charge is 2.30. The predicted molar refractivity (Wildman–Crippen MR) is 77.8 cm³/mol. The quantitative estimate of drug-likeness (QED) is 0.579. The summed E-state index contributed by atoms with van der Waals surface area (Å²) in [7, 11) is 0. The van der Waals surface area contributed by atoms with Crippen LogP contribution in [0.2, 0.25) is 0 Å². The maximum absolute atomic E-state index is 12.2. The van der Waals surface area contributed by atoms with Crippen LogP contribution in [0, 0.1) is 10.1 Å². The first kappa shape index (κ1) is 15.3. The number of nitro groups is 1. The van der Waals surface area contributed by atoms with Crippen LogP contribution in [0.4, 0.5) is 10.5 Å². The molecule has 0 aliphatic heterocycles. The van der Waals surface area contributed by atoms with Crippen molar-refractivity contribution in [3.63, 3.8) is 0 Å². The van der Waals surface area contributed by atoms with Crippen molar-refractivity contribution in [1.82, 2.24) is 9.88 Å². The molecule has 1 heterocycles. The number of fused-ring (bicyclic) bond motifs is 1. The summed E-state index contributed by atoms with van der Waals surface area (Å²) in [5, 5.41) is 23.7. The van der Waals surface area contributed by atoms with Gasteiger partial charge in [-0.3, -0.25) is 14.9 Å². The minimum absolute atomic E-state index is 0.00638. The highest BCUT2D eigenvalue weighted by molar-refractivity contribution is 6.15. The van der Waals surface area contributed by atoms with Gasteiger partial charge in [-0.1, -0.05) is 6.07 Å². The normalized spacial score (nSPS) is 10.9. The lowest BCUT2D eigenvalue weighted by Crippen LogP contribution is -2.30. The summed E-state index contributed by atoms with van der Waals surface area (Å²) in [5.41, 5.74) is 4.42. The maximum atomic E-state index is 12.2. The topological polar surface area (TPSA) is 140 Å². The molecular weight excluding hydrogens is 292 g/mol. The SMILES string of the molecule is CC(C)NC(=O)c1c(O)n(C(N)=O)c2cccc([N+](=O)[O-])c12. The number of nitro benzene ring substituents is 1. The van der Waals surface area contributed by atoms with Crippen molar-refractivity contribution >= 4 is 28.5 Å². The third-order valence-electron chi connectivity index (χ3n) is 3.01. The number of primary amides is 1. The number of nitrogens with two attached hydrogens (primary N) is 1. The average Bonchev–Trinajstić information content (AvgIpc) is 2.69. The summed E-state index contributed by atoms with van der Waals surface area (Å²) in [6.45, 7) is 3.38. The second-order valence-electron chi connectivity index (χ2n) is 4.93. The van der Waals surface area contributed by atoms with Crippen molar-refractivity contribution in [3.05, 3.63) is 33.9 Å². The van der Waals surface area contributed by atoms with Gasteiger partial charge in [-0.05, 0) is 19.9 Å². The molecule has 0 spiro atoms. The molecule has 0 unspecified atom stereocenters. The molecule has 2 amide bonds. The van der Waals surface area contributed by atoms with E-state index < -0.39 is 28.4 Å². The highest BCUT2D eigenvalue weighted by atomic mass is 16.6. The Morgan fingerprint density at radius 3 is 2.55 bits per heavy atom. The molecule has 9 nitrogen and oxygen atoms in total. The largest absolute Gasteiger partial charge is 0.494 e. The smallest absolute Gasteiger partial charge is 0.326 e. The number of benzene rings is 1. The molecule has 116 valence electrons. The number of carbonyl (C=O) groups excluding carboxylic acids is 2. The Hall–Kier alpha value is -3.10. The lowest BCUT2D eigenvalue weighted by molar-refractivity contribution is -0.383. The number of non-ortho nitro benzene ring substituents is 1. The van der Waals surface area contributed by atoms with Crippen LogP contribution in [0.5, 0.6) is 5.88 Å². The summed E-state index contributed by atoms with van der Waals surface area (Å²) < 4.78 is 0.664. The van der Waals surface area contributed by atoms with Crippen LogP contribution in [0.15, 0.2) is 18.2 Å². The van der Waals surface area contributed by atoms with E-state index in [2.05, 4.69) is 5.32 Å². The van der Waals surface area contributed by atoms with Gasteiger partial charge < -0.3 is 16.2 Å². The van der Waals surface area contributed by atoms with Gasteiger partial charge >= 0.3 is 6.03 Å². The van der Waals surface area contributed by atoms with Gasteiger partial charge in [0, 0.05) is 12.1 Å². The molecule has 0 aliphatic carbocycles. The van der Waals surface area contributed by atoms with Crippen LogP contribution in [0.3, 0.4) is 0 Å². The molecule has 0 radical (unpaired) electrons. The predicted octanol–water partition coefficient (Wildman–Crippen LogP) is 1.32. The third-order valence-corrected chi connectivity index (χ3v) is 3.01. The first-order valence-corrected chi connectivity index (χ1v) is 6.37. The van der Waals surface area contributed by atoms with Gasteiger partial charge in [0.05, 0.1) is 15.8 Å². The number of aromatic hydroxyl groups is 1. The minimum atomic E-state index is -1.05. The highest BCUT2D eigenvalue weighted by Crippen LogP contribution is 2.36. The Balaban J connectivity index is 2.89. The zero-order chi connectivity index (χ0) is 16.6. The first-order valence-electron chi connectivity index (χ1n) is 6.37. The van der Waals surface area contributed by atoms with E-state index in [1.54, 1.807) is 13.8 Å². The van der Waals surface area contributed by atoms with Crippen LogP contribution in [0.25, 0.3) is 10.9 Å². The van der Waals surface area contributed by atoms with Crippen molar-refractivity contribution < 1.29 is 19.6 Å². The number of amides is 2. The molecule has 1 aromatic carbocycles. The van der Waals surface area contributed by atoms with Crippen LogP contribution in [0.1, 0.15) is 24.2 Å². The number of nitrogens with zero attached hydrogens (tertiary/aromatic N) is 2. The molecule has 0 atom stereocenters. The van der Waals surface area contributed by atoms with E-state index in [1.807, 2.05) is 0 Å². The first-order chi connectivity index (χ1) is 10.3. The Labute approximate surface area is 124 Å². The summed E-state index contributed by atoms with van der Waals surface area (Å²) in [6.07, 6.45) is 0. The summed E-state index contributed by atoms with van der Waals surface area (Å²) in [5.74, 6) is -1.46. The van der Waals surface area contributed by atoms with Crippen LogP contribution in [-0.4, -0.2) is 32.6 Å². The molecule has 0 saturated carbocycles. The number of hydrogen-bond acceptors (Lipinski definition) is 5. The van der Waals surface area contributed by atoms with E-state index in [-0.39, 0.29) is 22.5 Å². The van der Waals surface area contributed by atoms with E-state index in [0.717, 1.165) is 0 Å². The zero-order valence-electron chi connectivity index (χ0n) is 11.9. The van der Waals surface area contributed by atoms with E-state index in [9.17, 15) is 24.8 Å². The second-order valence-corrected chi connectivity index (χ2v) is 4.93. The standard InChI is InChI=1S/C13H14N4O5/c1-6(2)15-11(18)10-9-7(16(12(10)19)13(14)20)4-3-5-8(9)17(21)22/h3-6,19H,1-2H3,(H2,14,20)(H,15,18). The number of aromatic nitrogens is 1. The van der Waals surface area contributed by atoms with Crippen molar-refractivity contribution in [2.75, 3.05) is 0 Å². The lowest BCUT2D eigenvalue weighted by atomic mass is 10.1. The monoisotopic (exact) mass is 306 g/mol. The van der Waals surface area contributed by atoms with Crippen molar-refractivity contribution in [2.24, 2.45) is 5.73 Å². The number of rotatable bonds is 3. The van der Waals surface area contributed by atoms with E-state index in [4.69, 9.17) is 5.73 Å². The number of carbonyl (C=O) groups is 2. The average molecular weight is 306 g/mol.